The molecule has 1 aromatic rings. The number of rotatable bonds is 2. The van der Waals surface area contributed by atoms with E-state index in [1.807, 2.05) is 0 Å². The van der Waals surface area contributed by atoms with Crippen LogP contribution in [0.1, 0.15) is 11.1 Å². The van der Waals surface area contributed by atoms with Crippen molar-refractivity contribution in [2.75, 3.05) is 26.7 Å². The zero-order chi connectivity index (χ0) is 11.4. The summed E-state index contributed by atoms with van der Waals surface area (Å²) in [7, 11) is 1.69. The molecule has 0 saturated carbocycles. The molecular weight excluding hydrogens is 200 g/mol. The summed E-state index contributed by atoms with van der Waals surface area (Å²) in [5.41, 5.74) is 2.86. The molecule has 0 aromatic heterocycles. The molecule has 1 heterocycles. The maximum Gasteiger partial charge on any atom is 0.233 e. The second-order valence-electron chi connectivity index (χ2n) is 4.22. The van der Waals surface area contributed by atoms with Gasteiger partial charge in [-0.2, -0.15) is 0 Å². The van der Waals surface area contributed by atoms with Crippen LogP contribution in [0, 0.1) is 0 Å². The SMILES string of the molecule is CNC(=O)CN1CCc2ccccc2CC1. The molecule has 86 valence electrons. The third-order valence-electron chi connectivity index (χ3n) is 3.16. The summed E-state index contributed by atoms with van der Waals surface area (Å²) >= 11 is 0. The molecule has 16 heavy (non-hydrogen) atoms. The number of likely N-dealkylation sites (N-methyl/N-ethyl adjacent to an activating group) is 1. The van der Waals surface area contributed by atoms with Crippen molar-refractivity contribution in [3.8, 4) is 0 Å². The Labute approximate surface area is 96.5 Å². The maximum atomic E-state index is 11.3. The average molecular weight is 218 g/mol. The lowest BCUT2D eigenvalue weighted by atomic mass is 10.0. The fraction of sp³-hybridized carbons (Fsp3) is 0.462. The molecule has 1 aliphatic heterocycles. The first-order valence-corrected chi connectivity index (χ1v) is 5.79. The summed E-state index contributed by atoms with van der Waals surface area (Å²) in [6.45, 7) is 2.47. The van der Waals surface area contributed by atoms with Crippen LogP contribution < -0.4 is 5.32 Å². The van der Waals surface area contributed by atoms with Gasteiger partial charge in [0, 0.05) is 20.1 Å². The third kappa shape index (κ3) is 2.61. The van der Waals surface area contributed by atoms with E-state index in [4.69, 9.17) is 0 Å². The number of hydrogen-bond donors (Lipinski definition) is 1. The van der Waals surface area contributed by atoms with Crippen LogP contribution >= 0.6 is 0 Å². The predicted molar refractivity (Wildman–Crippen MR) is 64.4 cm³/mol. The normalized spacial score (nSPS) is 16.3. The van der Waals surface area contributed by atoms with E-state index in [0.717, 1.165) is 25.9 Å². The van der Waals surface area contributed by atoms with Crippen LogP contribution in [0.4, 0.5) is 0 Å². The number of nitrogens with one attached hydrogen (secondary N) is 1. The average Bonchev–Trinajstić information content (AvgIpc) is 2.52. The van der Waals surface area contributed by atoms with Crippen molar-refractivity contribution in [1.29, 1.82) is 0 Å². The van der Waals surface area contributed by atoms with Crippen molar-refractivity contribution in [2.24, 2.45) is 0 Å². The summed E-state index contributed by atoms with van der Waals surface area (Å²) in [5, 5.41) is 2.67. The van der Waals surface area contributed by atoms with E-state index in [1.165, 1.54) is 11.1 Å². The Hall–Kier alpha value is -1.35. The van der Waals surface area contributed by atoms with Crippen molar-refractivity contribution < 1.29 is 4.79 Å². The molecule has 0 radical (unpaired) electrons. The van der Waals surface area contributed by atoms with Crippen molar-refractivity contribution in [3.05, 3.63) is 35.4 Å². The Bertz CT molecular complexity index is 349. The molecule has 0 atom stereocenters. The molecule has 1 aliphatic rings. The van der Waals surface area contributed by atoms with Crippen molar-refractivity contribution in [3.63, 3.8) is 0 Å². The minimum absolute atomic E-state index is 0.103. The summed E-state index contributed by atoms with van der Waals surface area (Å²) < 4.78 is 0. The summed E-state index contributed by atoms with van der Waals surface area (Å²) in [5.74, 6) is 0.103. The number of carbonyl (C=O) groups is 1. The fourth-order valence-corrected chi connectivity index (χ4v) is 2.15. The highest BCUT2D eigenvalue weighted by Gasteiger charge is 2.14. The predicted octanol–water partition coefficient (Wildman–Crippen LogP) is 0.833. The Kier molecular flexibility index (Phi) is 3.57. The summed E-state index contributed by atoms with van der Waals surface area (Å²) in [4.78, 5) is 13.5. The van der Waals surface area contributed by atoms with Gasteiger partial charge >= 0.3 is 0 Å². The van der Waals surface area contributed by atoms with Crippen LogP contribution in [0.3, 0.4) is 0 Å². The monoisotopic (exact) mass is 218 g/mol. The molecule has 1 N–H and O–H groups in total. The molecule has 0 spiro atoms. The lowest BCUT2D eigenvalue weighted by molar-refractivity contribution is -0.121. The largest absolute Gasteiger partial charge is 0.358 e. The number of amides is 1. The lowest BCUT2D eigenvalue weighted by Gasteiger charge is -2.18. The lowest BCUT2D eigenvalue weighted by Crippen LogP contribution is -2.37. The number of benzene rings is 1. The van der Waals surface area contributed by atoms with Crippen LogP contribution in [0.15, 0.2) is 24.3 Å². The number of carbonyl (C=O) groups excluding carboxylic acids is 1. The van der Waals surface area contributed by atoms with E-state index in [9.17, 15) is 4.79 Å². The Balaban J connectivity index is 1.99. The first-order valence-electron chi connectivity index (χ1n) is 5.79. The smallest absolute Gasteiger partial charge is 0.233 e. The van der Waals surface area contributed by atoms with E-state index in [2.05, 4.69) is 34.5 Å². The van der Waals surface area contributed by atoms with Gasteiger partial charge < -0.3 is 5.32 Å². The van der Waals surface area contributed by atoms with Crippen LogP contribution in [0.25, 0.3) is 0 Å². The first-order chi connectivity index (χ1) is 7.79. The molecule has 0 saturated heterocycles. The summed E-state index contributed by atoms with van der Waals surface area (Å²) in [6.07, 6.45) is 2.10. The molecule has 1 aromatic carbocycles. The van der Waals surface area contributed by atoms with Gasteiger partial charge in [0.15, 0.2) is 0 Å². The topological polar surface area (TPSA) is 32.3 Å². The Morgan fingerprint density at radius 1 is 1.25 bits per heavy atom. The van der Waals surface area contributed by atoms with Gasteiger partial charge in [-0.25, -0.2) is 0 Å². The van der Waals surface area contributed by atoms with E-state index < -0.39 is 0 Å². The Morgan fingerprint density at radius 3 is 2.31 bits per heavy atom. The van der Waals surface area contributed by atoms with Crippen LogP contribution in [0.5, 0.6) is 0 Å². The maximum absolute atomic E-state index is 11.3. The van der Waals surface area contributed by atoms with E-state index in [1.54, 1.807) is 7.05 Å². The molecule has 0 unspecified atom stereocenters. The van der Waals surface area contributed by atoms with Crippen LogP contribution in [-0.4, -0.2) is 37.5 Å². The summed E-state index contributed by atoms with van der Waals surface area (Å²) in [6, 6.07) is 8.57. The van der Waals surface area contributed by atoms with Crippen molar-refractivity contribution in [1.82, 2.24) is 10.2 Å². The van der Waals surface area contributed by atoms with Gasteiger partial charge in [-0.3, -0.25) is 9.69 Å². The van der Waals surface area contributed by atoms with Crippen LogP contribution in [-0.2, 0) is 17.6 Å². The van der Waals surface area contributed by atoms with Crippen LogP contribution in [0.2, 0.25) is 0 Å². The van der Waals surface area contributed by atoms with Gasteiger partial charge in [-0.1, -0.05) is 24.3 Å². The standard InChI is InChI=1S/C13H18N2O/c1-14-13(16)10-15-8-6-11-4-2-3-5-12(11)7-9-15/h2-5H,6-10H2,1H3,(H,14,16). The quantitative estimate of drug-likeness (QED) is 0.797. The van der Waals surface area contributed by atoms with Gasteiger partial charge in [-0.05, 0) is 24.0 Å². The first kappa shape index (κ1) is 11.1. The van der Waals surface area contributed by atoms with E-state index in [-0.39, 0.29) is 5.91 Å². The van der Waals surface area contributed by atoms with Crippen molar-refractivity contribution >= 4 is 5.91 Å². The van der Waals surface area contributed by atoms with Gasteiger partial charge in [0.1, 0.15) is 0 Å². The highest BCUT2D eigenvalue weighted by Crippen LogP contribution is 2.15. The minimum Gasteiger partial charge on any atom is -0.358 e. The van der Waals surface area contributed by atoms with Gasteiger partial charge in [0.2, 0.25) is 5.91 Å². The molecule has 1 amide bonds. The minimum atomic E-state index is 0.103. The fourth-order valence-electron chi connectivity index (χ4n) is 2.15. The van der Waals surface area contributed by atoms with Crippen molar-refractivity contribution in [2.45, 2.75) is 12.8 Å². The molecule has 0 fully saturated rings. The van der Waals surface area contributed by atoms with E-state index in [0.29, 0.717) is 6.54 Å². The second-order valence-corrected chi connectivity index (χ2v) is 4.22. The molecule has 2 rings (SSSR count). The zero-order valence-electron chi connectivity index (χ0n) is 9.70. The third-order valence-corrected chi connectivity index (χ3v) is 3.16. The van der Waals surface area contributed by atoms with E-state index >= 15 is 0 Å². The number of fused-ring (bicyclic) bond motifs is 1. The highest BCUT2D eigenvalue weighted by atomic mass is 16.1. The molecule has 3 heteroatoms. The van der Waals surface area contributed by atoms with Gasteiger partial charge in [0.05, 0.1) is 6.54 Å². The molecular formula is C13H18N2O. The van der Waals surface area contributed by atoms with Gasteiger partial charge in [0.25, 0.3) is 0 Å². The highest BCUT2D eigenvalue weighted by molar-refractivity contribution is 5.77. The van der Waals surface area contributed by atoms with Gasteiger partial charge in [-0.15, -0.1) is 0 Å². The molecule has 3 nitrogen and oxygen atoms in total. The second kappa shape index (κ2) is 5.12. The Morgan fingerprint density at radius 2 is 1.81 bits per heavy atom. The number of nitrogens with zero attached hydrogens (tertiary/aromatic N) is 1. The number of hydrogen-bond acceptors (Lipinski definition) is 2. The molecule has 0 bridgehead atoms. The zero-order valence-corrected chi connectivity index (χ0v) is 9.70. The molecule has 0 aliphatic carbocycles.